The molecule has 2 rings (SSSR count). The smallest absolute Gasteiger partial charge is 0.358 e. The van der Waals surface area contributed by atoms with Crippen molar-refractivity contribution in [2.45, 2.75) is 17.6 Å². The van der Waals surface area contributed by atoms with E-state index in [1.807, 2.05) is 31.2 Å². The van der Waals surface area contributed by atoms with Gasteiger partial charge in [-0.3, -0.25) is 0 Å². The Balaban J connectivity index is 2.02. The zero-order valence-electron chi connectivity index (χ0n) is 9.21. The summed E-state index contributed by atoms with van der Waals surface area (Å²) >= 11 is 1.60. The Morgan fingerprint density at radius 2 is 2.24 bits per heavy atom. The van der Waals surface area contributed by atoms with Gasteiger partial charge in [0.1, 0.15) is 5.76 Å². The van der Waals surface area contributed by atoms with Gasteiger partial charge in [0, 0.05) is 11.0 Å². The fourth-order valence-electron chi connectivity index (χ4n) is 1.35. The second-order valence-electron chi connectivity index (χ2n) is 3.54. The van der Waals surface area contributed by atoms with Gasteiger partial charge in [-0.2, -0.15) is 0 Å². The van der Waals surface area contributed by atoms with Gasteiger partial charge in [0.25, 0.3) is 0 Å². The van der Waals surface area contributed by atoms with Crippen LogP contribution in [0, 0.1) is 6.92 Å². The number of aromatic nitrogens is 1. The first-order valence-corrected chi connectivity index (χ1v) is 6.02. The summed E-state index contributed by atoms with van der Waals surface area (Å²) in [7, 11) is 0. The van der Waals surface area contributed by atoms with Crippen LogP contribution in [0.15, 0.2) is 39.8 Å². The first-order valence-electron chi connectivity index (χ1n) is 5.04. The van der Waals surface area contributed by atoms with Crippen LogP contribution in [0.2, 0.25) is 0 Å². The third-order valence-electron chi connectivity index (χ3n) is 2.24. The van der Waals surface area contributed by atoms with Crippen LogP contribution in [0.25, 0.3) is 0 Å². The fraction of sp³-hybridized carbons (Fsp3) is 0.167. The molecule has 0 atom stereocenters. The molecule has 0 fully saturated rings. The Hall–Kier alpha value is -1.75. The Morgan fingerprint density at radius 1 is 1.47 bits per heavy atom. The van der Waals surface area contributed by atoms with Crippen molar-refractivity contribution in [3.05, 3.63) is 47.3 Å². The molecule has 0 saturated carbocycles. The third kappa shape index (κ3) is 2.88. The number of hydrogen-bond donors (Lipinski definition) is 1. The van der Waals surface area contributed by atoms with E-state index in [9.17, 15) is 4.79 Å². The maximum atomic E-state index is 10.6. The molecule has 0 amide bonds. The van der Waals surface area contributed by atoms with Crippen LogP contribution in [-0.4, -0.2) is 16.2 Å². The summed E-state index contributed by atoms with van der Waals surface area (Å²) < 4.78 is 4.94. The molecule has 0 saturated heterocycles. The first-order chi connectivity index (χ1) is 8.16. The average Bonchev–Trinajstić information content (AvgIpc) is 2.77. The minimum atomic E-state index is -1.07. The molecule has 88 valence electrons. The number of rotatable bonds is 4. The van der Waals surface area contributed by atoms with E-state index in [4.69, 9.17) is 9.63 Å². The number of carbonyl (C=O) groups is 1. The lowest BCUT2D eigenvalue weighted by Crippen LogP contribution is -1.94. The predicted molar refractivity (Wildman–Crippen MR) is 64.2 cm³/mol. The zero-order valence-corrected chi connectivity index (χ0v) is 10.0. The quantitative estimate of drug-likeness (QED) is 0.844. The predicted octanol–water partition coefficient (Wildman–Crippen LogP) is 2.97. The number of benzene rings is 1. The summed E-state index contributed by atoms with van der Waals surface area (Å²) in [5, 5.41) is 12.2. The summed E-state index contributed by atoms with van der Waals surface area (Å²) in [5.74, 6) is 0.0713. The molecule has 0 spiro atoms. The van der Waals surface area contributed by atoms with E-state index in [0.717, 1.165) is 4.90 Å². The highest BCUT2D eigenvalue weighted by atomic mass is 32.2. The van der Waals surface area contributed by atoms with Crippen LogP contribution >= 0.6 is 11.8 Å². The van der Waals surface area contributed by atoms with Crippen molar-refractivity contribution < 1.29 is 14.4 Å². The molecule has 0 aliphatic rings. The van der Waals surface area contributed by atoms with E-state index in [2.05, 4.69) is 5.16 Å². The standard InChI is InChI=1S/C12H11NO3S/c1-8-4-2-3-5-11(8)17-7-9-6-10(12(14)15)13-16-9/h2-6H,7H2,1H3,(H,14,15). The Kier molecular flexibility index (Phi) is 3.49. The second-order valence-corrected chi connectivity index (χ2v) is 4.55. The number of carboxylic acid groups (broad SMARTS) is 1. The summed E-state index contributed by atoms with van der Waals surface area (Å²) in [5.41, 5.74) is 1.14. The Bertz CT molecular complexity index is 536. The van der Waals surface area contributed by atoms with E-state index in [1.165, 1.54) is 11.6 Å². The lowest BCUT2D eigenvalue weighted by molar-refractivity contribution is 0.0685. The van der Waals surface area contributed by atoms with Gasteiger partial charge in [0.15, 0.2) is 5.69 Å². The second kappa shape index (κ2) is 5.05. The highest BCUT2D eigenvalue weighted by molar-refractivity contribution is 7.98. The molecule has 0 bridgehead atoms. The minimum absolute atomic E-state index is 0.0506. The first kappa shape index (κ1) is 11.7. The zero-order chi connectivity index (χ0) is 12.3. The van der Waals surface area contributed by atoms with Crippen LogP contribution in [0.4, 0.5) is 0 Å². The summed E-state index contributed by atoms with van der Waals surface area (Å²) in [6.45, 7) is 2.03. The van der Waals surface area contributed by atoms with Gasteiger partial charge in [-0.1, -0.05) is 23.4 Å². The van der Waals surface area contributed by atoms with Crippen molar-refractivity contribution in [1.82, 2.24) is 5.16 Å². The van der Waals surface area contributed by atoms with Crippen molar-refractivity contribution in [3.8, 4) is 0 Å². The Labute approximate surface area is 103 Å². The third-order valence-corrected chi connectivity index (χ3v) is 3.44. The maximum Gasteiger partial charge on any atom is 0.358 e. The van der Waals surface area contributed by atoms with Crippen molar-refractivity contribution in [2.24, 2.45) is 0 Å². The van der Waals surface area contributed by atoms with Crippen molar-refractivity contribution in [2.75, 3.05) is 0 Å². The molecule has 4 nitrogen and oxygen atoms in total. The number of carboxylic acids is 1. The molecule has 1 aromatic carbocycles. The summed E-state index contributed by atoms with van der Waals surface area (Å²) in [6, 6.07) is 9.46. The van der Waals surface area contributed by atoms with Crippen LogP contribution < -0.4 is 0 Å². The van der Waals surface area contributed by atoms with Gasteiger partial charge in [0.2, 0.25) is 0 Å². The van der Waals surface area contributed by atoms with Crippen LogP contribution in [0.5, 0.6) is 0 Å². The summed E-state index contributed by atoms with van der Waals surface area (Å²) in [4.78, 5) is 11.8. The lowest BCUT2D eigenvalue weighted by Gasteiger charge is -2.02. The van der Waals surface area contributed by atoms with Crippen molar-refractivity contribution >= 4 is 17.7 Å². The average molecular weight is 249 g/mol. The van der Waals surface area contributed by atoms with E-state index in [1.54, 1.807) is 11.8 Å². The van der Waals surface area contributed by atoms with Crippen molar-refractivity contribution in [1.29, 1.82) is 0 Å². The molecule has 17 heavy (non-hydrogen) atoms. The molecule has 5 heteroatoms. The maximum absolute atomic E-state index is 10.6. The van der Waals surface area contributed by atoms with Gasteiger partial charge < -0.3 is 9.63 Å². The molecule has 1 aromatic heterocycles. The normalized spacial score (nSPS) is 10.4. The lowest BCUT2D eigenvalue weighted by atomic mass is 10.2. The van der Waals surface area contributed by atoms with Gasteiger partial charge in [-0.05, 0) is 18.6 Å². The minimum Gasteiger partial charge on any atom is -0.476 e. The number of aromatic carboxylic acids is 1. The van der Waals surface area contributed by atoms with E-state index in [0.29, 0.717) is 11.5 Å². The summed E-state index contributed by atoms with van der Waals surface area (Å²) in [6.07, 6.45) is 0. The molecular weight excluding hydrogens is 238 g/mol. The molecule has 0 unspecified atom stereocenters. The highest BCUT2D eigenvalue weighted by Gasteiger charge is 2.10. The van der Waals surface area contributed by atoms with E-state index >= 15 is 0 Å². The molecule has 1 N–H and O–H groups in total. The van der Waals surface area contributed by atoms with E-state index in [-0.39, 0.29) is 5.69 Å². The van der Waals surface area contributed by atoms with Crippen LogP contribution in [0.1, 0.15) is 21.8 Å². The molecule has 0 aliphatic heterocycles. The van der Waals surface area contributed by atoms with Crippen LogP contribution in [-0.2, 0) is 5.75 Å². The topological polar surface area (TPSA) is 63.3 Å². The van der Waals surface area contributed by atoms with Crippen molar-refractivity contribution in [3.63, 3.8) is 0 Å². The fourth-order valence-corrected chi connectivity index (χ4v) is 2.25. The number of hydrogen-bond acceptors (Lipinski definition) is 4. The molecule has 0 aliphatic carbocycles. The number of aryl methyl sites for hydroxylation is 1. The number of thioether (sulfide) groups is 1. The largest absolute Gasteiger partial charge is 0.476 e. The molecule has 1 heterocycles. The van der Waals surface area contributed by atoms with Gasteiger partial charge in [-0.25, -0.2) is 4.79 Å². The van der Waals surface area contributed by atoms with Gasteiger partial charge in [0.05, 0.1) is 5.75 Å². The monoisotopic (exact) mass is 249 g/mol. The van der Waals surface area contributed by atoms with E-state index < -0.39 is 5.97 Å². The number of nitrogens with zero attached hydrogens (tertiary/aromatic N) is 1. The molecule has 0 radical (unpaired) electrons. The van der Waals surface area contributed by atoms with Gasteiger partial charge >= 0.3 is 5.97 Å². The van der Waals surface area contributed by atoms with Gasteiger partial charge in [-0.15, -0.1) is 11.8 Å². The highest BCUT2D eigenvalue weighted by Crippen LogP contribution is 2.25. The molecule has 2 aromatic rings. The Morgan fingerprint density at radius 3 is 2.88 bits per heavy atom. The SMILES string of the molecule is Cc1ccccc1SCc1cc(C(=O)O)no1. The van der Waals surface area contributed by atoms with Crippen LogP contribution in [0.3, 0.4) is 0 Å². The molecular formula is C12H11NO3S.